The molecule has 5 rings (SSSR count). The van der Waals surface area contributed by atoms with Gasteiger partial charge in [0.2, 0.25) is 5.91 Å². The van der Waals surface area contributed by atoms with Gasteiger partial charge in [0.05, 0.1) is 29.9 Å². The molecule has 1 saturated heterocycles. The van der Waals surface area contributed by atoms with Gasteiger partial charge in [-0.05, 0) is 61.1 Å². The summed E-state index contributed by atoms with van der Waals surface area (Å²) >= 11 is 1.32. The van der Waals surface area contributed by atoms with Crippen LogP contribution in [0.15, 0.2) is 52.4 Å². The maximum absolute atomic E-state index is 13.3. The normalized spacial score (nSPS) is 16.0. The van der Waals surface area contributed by atoms with Gasteiger partial charge in [-0.15, -0.1) is 0 Å². The first kappa shape index (κ1) is 23.1. The average molecular weight is 479 g/mol. The van der Waals surface area contributed by atoms with E-state index in [0.29, 0.717) is 22.6 Å². The zero-order chi connectivity index (χ0) is 23.3. The van der Waals surface area contributed by atoms with Gasteiger partial charge in [-0.3, -0.25) is 19.1 Å². The number of ether oxygens (including phenoxy) is 1. The number of nitrogens with zero attached hydrogens (tertiary/aromatic N) is 3. The second kappa shape index (κ2) is 10.7. The van der Waals surface area contributed by atoms with Crippen molar-refractivity contribution in [1.82, 2.24) is 14.5 Å². The molecule has 178 valence electrons. The van der Waals surface area contributed by atoms with E-state index in [4.69, 9.17) is 9.72 Å². The number of fused-ring (bicyclic) bond motifs is 2. The summed E-state index contributed by atoms with van der Waals surface area (Å²) in [7, 11) is 0. The van der Waals surface area contributed by atoms with Gasteiger partial charge in [-0.2, -0.15) is 0 Å². The van der Waals surface area contributed by atoms with Gasteiger partial charge in [-0.1, -0.05) is 30.0 Å². The summed E-state index contributed by atoms with van der Waals surface area (Å²) in [5.74, 6) is 0.107. The van der Waals surface area contributed by atoms with E-state index in [0.717, 1.165) is 57.8 Å². The van der Waals surface area contributed by atoms with Crippen LogP contribution in [0, 0.1) is 0 Å². The van der Waals surface area contributed by atoms with Gasteiger partial charge in [0.15, 0.2) is 5.16 Å². The number of para-hydroxylation sites is 1. The summed E-state index contributed by atoms with van der Waals surface area (Å²) in [5.41, 5.74) is 4.16. The fourth-order valence-electron chi connectivity index (χ4n) is 4.71. The molecule has 1 N–H and O–H groups in total. The van der Waals surface area contributed by atoms with Gasteiger partial charge < -0.3 is 10.1 Å². The largest absolute Gasteiger partial charge is 0.379 e. The third-order valence-electron chi connectivity index (χ3n) is 6.50. The van der Waals surface area contributed by atoms with E-state index in [9.17, 15) is 9.59 Å². The summed E-state index contributed by atoms with van der Waals surface area (Å²) in [6.07, 6.45) is 4.22. The molecular formula is C26H30N4O3S. The highest BCUT2D eigenvalue weighted by Crippen LogP contribution is 2.25. The third-order valence-corrected chi connectivity index (χ3v) is 7.48. The van der Waals surface area contributed by atoms with Crippen molar-refractivity contribution in [3.63, 3.8) is 0 Å². The maximum atomic E-state index is 13.3. The Balaban J connectivity index is 1.28. The summed E-state index contributed by atoms with van der Waals surface area (Å²) in [6, 6.07) is 13.6. The minimum absolute atomic E-state index is 0.0471. The van der Waals surface area contributed by atoms with Gasteiger partial charge in [0.25, 0.3) is 5.56 Å². The lowest BCUT2D eigenvalue weighted by atomic mass is 10.1. The number of anilines is 1. The van der Waals surface area contributed by atoms with E-state index < -0.39 is 0 Å². The molecule has 2 aromatic carbocycles. The topological polar surface area (TPSA) is 76.5 Å². The molecule has 34 heavy (non-hydrogen) atoms. The second-order valence-corrected chi connectivity index (χ2v) is 9.79. The van der Waals surface area contributed by atoms with Crippen molar-refractivity contribution < 1.29 is 9.53 Å². The van der Waals surface area contributed by atoms with Crippen molar-refractivity contribution in [2.75, 3.05) is 43.9 Å². The van der Waals surface area contributed by atoms with Crippen LogP contribution in [0.25, 0.3) is 10.9 Å². The fraction of sp³-hybridized carbons (Fsp3) is 0.423. The summed E-state index contributed by atoms with van der Waals surface area (Å²) in [5, 5.41) is 4.21. The van der Waals surface area contributed by atoms with Crippen LogP contribution in [-0.2, 0) is 28.9 Å². The Morgan fingerprint density at radius 1 is 1.06 bits per heavy atom. The van der Waals surface area contributed by atoms with Crippen LogP contribution in [0.3, 0.4) is 0 Å². The molecule has 0 radical (unpaired) electrons. The highest BCUT2D eigenvalue weighted by Gasteiger charge is 2.16. The van der Waals surface area contributed by atoms with Gasteiger partial charge >= 0.3 is 0 Å². The van der Waals surface area contributed by atoms with Crippen LogP contribution < -0.4 is 10.9 Å². The Hall–Kier alpha value is -2.68. The van der Waals surface area contributed by atoms with E-state index in [1.165, 1.54) is 29.3 Å². The highest BCUT2D eigenvalue weighted by molar-refractivity contribution is 7.99. The Bertz CT molecular complexity index is 1240. The minimum Gasteiger partial charge on any atom is -0.379 e. The number of carbonyl (C=O) groups excluding carboxylic acids is 1. The van der Waals surface area contributed by atoms with Crippen LogP contribution in [-0.4, -0.2) is 59.0 Å². The summed E-state index contributed by atoms with van der Waals surface area (Å²) < 4.78 is 7.15. The third kappa shape index (κ3) is 5.35. The molecule has 8 heteroatoms. The number of aromatic nitrogens is 2. The Morgan fingerprint density at radius 2 is 1.88 bits per heavy atom. The molecule has 1 aliphatic carbocycles. The van der Waals surface area contributed by atoms with Gasteiger partial charge in [0.1, 0.15) is 0 Å². The molecule has 0 spiro atoms. The quantitative estimate of drug-likeness (QED) is 0.395. The van der Waals surface area contributed by atoms with Crippen molar-refractivity contribution in [3.05, 3.63) is 63.9 Å². The second-order valence-electron chi connectivity index (χ2n) is 8.85. The van der Waals surface area contributed by atoms with Gasteiger partial charge in [0, 0.05) is 31.9 Å². The molecule has 1 aliphatic heterocycles. The monoisotopic (exact) mass is 478 g/mol. The lowest BCUT2D eigenvalue weighted by molar-refractivity contribution is -0.113. The Labute approximate surface area is 203 Å². The predicted molar refractivity (Wildman–Crippen MR) is 136 cm³/mol. The average Bonchev–Trinajstić information content (AvgIpc) is 3.33. The number of benzene rings is 2. The number of morpholine rings is 1. The molecule has 0 saturated carbocycles. The number of carbonyl (C=O) groups is 1. The van der Waals surface area contributed by atoms with Crippen LogP contribution in [0.4, 0.5) is 5.69 Å². The van der Waals surface area contributed by atoms with Crippen LogP contribution in [0.5, 0.6) is 0 Å². The number of hydrogen-bond acceptors (Lipinski definition) is 6. The van der Waals surface area contributed by atoms with E-state index in [1.807, 2.05) is 30.3 Å². The molecular weight excluding hydrogens is 448 g/mol. The standard InChI is InChI=1S/C26H30N4O3S/c31-24(27-21-10-9-19-5-3-6-20(19)17-21)18-34-26-28-23-8-2-1-7-22(23)25(32)30(26)12-4-11-29-13-15-33-16-14-29/h1-2,7-10,17H,3-6,11-16,18H2,(H,27,31). The lowest BCUT2D eigenvalue weighted by Gasteiger charge is -2.26. The predicted octanol–water partition coefficient (Wildman–Crippen LogP) is 3.34. The van der Waals surface area contributed by atoms with Gasteiger partial charge in [-0.25, -0.2) is 4.98 Å². The van der Waals surface area contributed by atoms with Crippen LogP contribution in [0.2, 0.25) is 0 Å². The molecule has 0 bridgehead atoms. The number of hydrogen-bond donors (Lipinski definition) is 1. The Morgan fingerprint density at radius 3 is 2.76 bits per heavy atom. The molecule has 1 amide bonds. The molecule has 2 heterocycles. The minimum atomic E-state index is -0.0924. The molecule has 3 aromatic rings. The van der Waals surface area contributed by atoms with E-state index in [-0.39, 0.29) is 17.2 Å². The van der Waals surface area contributed by atoms with Crippen LogP contribution in [0.1, 0.15) is 24.0 Å². The van der Waals surface area contributed by atoms with Crippen molar-refractivity contribution in [2.24, 2.45) is 0 Å². The fourth-order valence-corrected chi connectivity index (χ4v) is 5.53. The van der Waals surface area contributed by atoms with E-state index >= 15 is 0 Å². The Kier molecular flexibility index (Phi) is 7.27. The smallest absolute Gasteiger partial charge is 0.262 e. The van der Waals surface area contributed by atoms with Crippen LogP contribution >= 0.6 is 11.8 Å². The SMILES string of the molecule is O=C(CSc1nc2ccccc2c(=O)n1CCCN1CCOCC1)Nc1ccc2c(c1)CCC2. The summed E-state index contributed by atoms with van der Waals surface area (Å²) in [6.45, 7) is 4.86. The van der Waals surface area contributed by atoms with Crippen molar-refractivity contribution in [2.45, 2.75) is 37.4 Å². The lowest BCUT2D eigenvalue weighted by Crippen LogP contribution is -2.37. The van der Waals surface area contributed by atoms with Crippen molar-refractivity contribution in [3.8, 4) is 0 Å². The molecule has 0 unspecified atom stereocenters. The zero-order valence-electron chi connectivity index (χ0n) is 19.3. The molecule has 7 nitrogen and oxygen atoms in total. The van der Waals surface area contributed by atoms with E-state index in [2.05, 4.69) is 22.3 Å². The number of rotatable bonds is 8. The number of nitrogens with one attached hydrogen (secondary N) is 1. The number of amides is 1. The van der Waals surface area contributed by atoms with Crippen molar-refractivity contribution in [1.29, 1.82) is 0 Å². The molecule has 0 atom stereocenters. The van der Waals surface area contributed by atoms with Crippen molar-refractivity contribution >= 4 is 34.3 Å². The number of thioether (sulfide) groups is 1. The number of aryl methyl sites for hydroxylation is 2. The first-order chi connectivity index (χ1) is 16.7. The highest BCUT2D eigenvalue weighted by atomic mass is 32.2. The summed E-state index contributed by atoms with van der Waals surface area (Å²) in [4.78, 5) is 33.1. The first-order valence-electron chi connectivity index (χ1n) is 12.0. The molecule has 2 aliphatic rings. The first-order valence-corrected chi connectivity index (χ1v) is 13.0. The molecule has 1 aromatic heterocycles. The maximum Gasteiger partial charge on any atom is 0.262 e. The molecule has 1 fully saturated rings. The zero-order valence-corrected chi connectivity index (χ0v) is 20.1. The van der Waals surface area contributed by atoms with E-state index in [1.54, 1.807) is 4.57 Å².